The standard InChI is InChI=1S/C12H15ClO2/c1-2-15-11-5-3-10(4-6-11)12(7-13)8-14-9-12/h3-6H,2,7-9H2,1H3. The van der Waals surface area contributed by atoms with Gasteiger partial charge in [-0.3, -0.25) is 0 Å². The molecule has 1 aromatic rings. The second kappa shape index (κ2) is 4.42. The van der Waals surface area contributed by atoms with E-state index in [0.29, 0.717) is 12.5 Å². The smallest absolute Gasteiger partial charge is 0.119 e. The van der Waals surface area contributed by atoms with E-state index in [-0.39, 0.29) is 5.41 Å². The first-order chi connectivity index (χ1) is 7.30. The van der Waals surface area contributed by atoms with Crippen LogP contribution in [0.15, 0.2) is 24.3 Å². The second-order valence-corrected chi connectivity index (χ2v) is 4.13. The number of hydrogen-bond acceptors (Lipinski definition) is 2. The summed E-state index contributed by atoms with van der Waals surface area (Å²) in [5.41, 5.74) is 1.28. The van der Waals surface area contributed by atoms with Gasteiger partial charge in [-0.2, -0.15) is 0 Å². The molecular weight excluding hydrogens is 212 g/mol. The highest BCUT2D eigenvalue weighted by Crippen LogP contribution is 2.34. The van der Waals surface area contributed by atoms with Crippen molar-refractivity contribution in [3.8, 4) is 5.75 Å². The zero-order valence-corrected chi connectivity index (χ0v) is 9.59. The van der Waals surface area contributed by atoms with Gasteiger partial charge in [0.15, 0.2) is 0 Å². The van der Waals surface area contributed by atoms with E-state index in [1.807, 2.05) is 19.1 Å². The first-order valence-electron chi connectivity index (χ1n) is 5.18. The molecule has 82 valence electrons. The summed E-state index contributed by atoms with van der Waals surface area (Å²) < 4.78 is 10.6. The number of ether oxygens (including phenoxy) is 2. The van der Waals surface area contributed by atoms with Crippen molar-refractivity contribution in [2.45, 2.75) is 12.3 Å². The van der Waals surface area contributed by atoms with E-state index >= 15 is 0 Å². The molecule has 1 saturated heterocycles. The Labute approximate surface area is 95.1 Å². The van der Waals surface area contributed by atoms with Gasteiger partial charge in [0.25, 0.3) is 0 Å². The number of benzene rings is 1. The molecule has 0 bridgehead atoms. The number of hydrogen-bond donors (Lipinski definition) is 0. The van der Waals surface area contributed by atoms with Crippen LogP contribution in [0, 0.1) is 0 Å². The third kappa shape index (κ3) is 1.97. The average Bonchev–Trinajstić information content (AvgIpc) is 2.20. The van der Waals surface area contributed by atoms with Gasteiger partial charge in [0.05, 0.1) is 25.2 Å². The molecule has 1 aromatic carbocycles. The zero-order valence-electron chi connectivity index (χ0n) is 8.83. The van der Waals surface area contributed by atoms with Crippen LogP contribution in [0.1, 0.15) is 12.5 Å². The highest BCUT2D eigenvalue weighted by Gasteiger charge is 2.39. The molecule has 0 aliphatic carbocycles. The second-order valence-electron chi connectivity index (χ2n) is 3.86. The largest absolute Gasteiger partial charge is 0.494 e. The van der Waals surface area contributed by atoms with Crippen LogP contribution in [0.3, 0.4) is 0 Å². The first-order valence-corrected chi connectivity index (χ1v) is 5.71. The molecule has 1 aliphatic heterocycles. The summed E-state index contributed by atoms with van der Waals surface area (Å²) in [4.78, 5) is 0. The topological polar surface area (TPSA) is 18.5 Å². The lowest BCUT2D eigenvalue weighted by Gasteiger charge is -2.40. The molecular formula is C12H15ClO2. The van der Waals surface area contributed by atoms with Crippen LogP contribution in [0.2, 0.25) is 0 Å². The maximum absolute atomic E-state index is 5.98. The highest BCUT2D eigenvalue weighted by molar-refractivity contribution is 6.18. The monoisotopic (exact) mass is 226 g/mol. The van der Waals surface area contributed by atoms with Gasteiger partial charge >= 0.3 is 0 Å². The summed E-state index contributed by atoms with van der Waals surface area (Å²) in [6, 6.07) is 8.14. The minimum Gasteiger partial charge on any atom is -0.494 e. The van der Waals surface area contributed by atoms with Crippen LogP contribution < -0.4 is 4.74 Å². The van der Waals surface area contributed by atoms with Gasteiger partial charge in [-0.15, -0.1) is 11.6 Å². The zero-order chi connectivity index (χ0) is 10.7. The molecule has 1 fully saturated rings. The summed E-state index contributed by atoms with van der Waals surface area (Å²) in [6.45, 7) is 4.13. The first kappa shape index (κ1) is 10.8. The van der Waals surface area contributed by atoms with Gasteiger partial charge < -0.3 is 9.47 Å². The van der Waals surface area contributed by atoms with Gasteiger partial charge in [-0.25, -0.2) is 0 Å². The Morgan fingerprint density at radius 1 is 1.33 bits per heavy atom. The van der Waals surface area contributed by atoms with Crippen LogP contribution in [0.25, 0.3) is 0 Å². The fourth-order valence-electron chi connectivity index (χ4n) is 1.74. The molecule has 0 aromatic heterocycles. The average molecular weight is 227 g/mol. The molecule has 15 heavy (non-hydrogen) atoms. The van der Waals surface area contributed by atoms with E-state index in [4.69, 9.17) is 21.1 Å². The third-order valence-electron chi connectivity index (χ3n) is 2.79. The lowest BCUT2D eigenvalue weighted by Crippen LogP contribution is -2.48. The Bertz CT molecular complexity index is 311. The minimum atomic E-state index is 0.0340. The minimum absolute atomic E-state index is 0.0340. The molecule has 0 N–H and O–H groups in total. The fourth-order valence-corrected chi connectivity index (χ4v) is 2.05. The molecule has 0 saturated carbocycles. The van der Waals surface area contributed by atoms with Crippen LogP contribution >= 0.6 is 11.6 Å². The molecule has 1 heterocycles. The Hall–Kier alpha value is -0.730. The van der Waals surface area contributed by atoms with Gasteiger partial charge in [-0.05, 0) is 24.6 Å². The third-order valence-corrected chi connectivity index (χ3v) is 3.30. The van der Waals surface area contributed by atoms with Crippen LogP contribution in [-0.2, 0) is 10.2 Å². The van der Waals surface area contributed by atoms with Crippen molar-refractivity contribution in [2.24, 2.45) is 0 Å². The van der Waals surface area contributed by atoms with Crippen molar-refractivity contribution in [3.63, 3.8) is 0 Å². The quantitative estimate of drug-likeness (QED) is 0.735. The number of rotatable bonds is 4. The summed E-state index contributed by atoms with van der Waals surface area (Å²) >= 11 is 5.98. The van der Waals surface area contributed by atoms with E-state index in [1.165, 1.54) is 5.56 Å². The summed E-state index contributed by atoms with van der Waals surface area (Å²) in [7, 11) is 0. The molecule has 0 unspecified atom stereocenters. The summed E-state index contributed by atoms with van der Waals surface area (Å²) in [5.74, 6) is 1.52. The Balaban J connectivity index is 2.15. The van der Waals surface area contributed by atoms with Gasteiger partial charge in [0.1, 0.15) is 5.75 Å². The molecule has 3 heteroatoms. The summed E-state index contributed by atoms with van der Waals surface area (Å²) in [5, 5.41) is 0. The number of halogens is 1. The normalized spacial score (nSPS) is 18.3. The van der Waals surface area contributed by atoms with Gasteiger partial charge in [-0.1, -0.05) is 12.1 Å². The van der Waals surface area contributed by atoms with E-state index in [0.717, 1.165) is 19.0 Å². The Kier molecular flexibility index (Phi) is 3.17. The molecule has 2 rings (SSSR count). The van der Waals surface area contributed by atoms with Crippen LogP contribution in [0.4, 0.5) is 0 Å². The lowest BCUT2D eigenvalue weighted by molar-refractivity contribution is -0.0480. The van der Waals surface area contributed by atoms with E-state index < -0.39 is 0 Å². The molecule has 1 aliphatic rings. The molecule has 2 nitrogen and oxygen atoms in total. The molecule has 0 radical (unpaired) electrons. The Morgan fingerprint density at radius 2 is 2.00 bits per heavy atom. The predicted octanol–water partition coefficient (Wildman–Crippen LogP) is 2.59. The number of alkyl halides is 1. The Morgan fingerprint density at radius 3 is 2.40 bits per heavy atom. The summed E-state index contributed by atoms with van der Waals surface area (Å²) in [6.07, 6.45) is 0. The van der Waals surface area contributed by atoms with E-state index in [2.05, 4.69) is 12.1 Å². The SMILES string of the molecule is CCOc1ccc(C2(CCl)COC2)cc1. The van der Waals surface area contributed by atoms with Gasteiger partial charge in [0, 0.05) is 5.88 Å². The predicted molar refractivity (Wildman–Crippen MR) is 60.8 cm³/mol. The molecule has 0 atom stereocenters. The van der Waals surface area contributed by atoms with Crippen LogP contribution in [0.5, 0.6) is 5.75 Å². The lowest BCUT2D eigenvalue weighted by atomic mass is 9.80. The van der Waals surface area contributed by atoms with Crippen molar-refractivity contribution >= 4 is 11.6 Å². The van der Waals surface area contributed by atoms with E-state index in [9.17, 15) is 0 Å². The van der Waals surface area contributed by atoms with Gasteiger partial charge in [0.2, 0.25) is 0 Å². The van der Waals surface area contributed by atoms with Crippen molar-refractivity contribution in [1.82, 2.24) is 0 Å². The molecule has 0 amide bonds. The molecule has 0 spiro atoms. The van der Waals surface area contributed by atoms with Crippen molar-refractivity contribution < 1.29 is 9.47 Å². The fraction of sp³-hybridized carbons (Fsp3) is 0.500. The maximum Gasteiger partial charge on any atom is 0.119 e. The van der Waals surface area contributed by atoms with E-state index in [1.54, 1.807) is 0 Å². The van der Waals surface area contributed by atoms with Crippen molar-refractivity contribution in [3.05, 3.63) is 29.8 Å². The van der Waals surface area contributed by atoms with Crippen LogP contribution in [-0.4, -0.2) is 25.7 Å². The van der Waals surface area contributed by atoms with Crippen molar-refractivity contribution in [1.29, 1.82) is 0 Å². The highest BCUT2D eigenvalue weighted by atomic mass is 35.5. The maximum atomic E-state index is 5.98. The van der Waals surface area contributed by atoms with Crippen molar-refractivity contribution in [2.75, 3.05) is 25.7 Å².